The van der Waals surface area contributed by atoms with Gasteiger partial charge in [-0.05, 0) is 20.2 Å². The van der Waals surface area contributed by atoms with Gasteiger partial charge in [0.15, 0.2) is 0 Å². The highest BCUT2D eigenvalue weighted by atomic mass is 35.5. The van der Waals surface area contributed by atoms with Crippen LogP contribution in [0.1, 0.15) is 0 Å². The second kappa shape index (κ2) is 7.66. The lowest BCUT2D eigenvalue weighted by Crippen LogP contribution is -2.10. The summed E-state index contributed by atoms with van der Waals surface area (Å²) in [5.41, 5.74) is 0. The molecule has 0 bridgehead atoms. The number of halogens is 1. The summed E-state index contributed by atoms with van der Waals surface area (Å²) in [4.78, 5) is 11.7. The first kappa shape index (κ1) is 11.5. The minimum Gasteiger partial charge on any atom is -0.306 e. The molecule has 2 nitrogen and oxygen atoms in total. The van der Waals surface area contributed by atoms with Crippen molar-refractivity contribution in [1.82, 2.24) is 4.90 Å². The van der Waals surface area contributed by atoms with Crippen LogP contribution in [0.4, 0.5) is 0 Å². The molecule has 0 aromatic rings. The fraction of sp³-hybridized carbons (Fsp3) is 0.500. The smallest absolute Gasteiger partial charge is 0.142 e. The summed E-state index contributed by atoms with van der Waals surface area (Å²) < 4.78 is 0. The predicted octanol–water partition coefficient (Wildman–Crippen LogP) is 0.725. The molecular formula is C6H12ClNO. The van der Waals surface area contributed by atoms with Crippen molar-refractivity contribution in [3.63, 3.8) is 0 Å². The zero-order valence-electron chi connectivity index (χ0n) is 5.70. The second-order valence-electron chi connectivity index (χ2n) is 1.83. The number of likely N-dealkylation sites (N-methyl/N-ethyl adjacent to an activating group) is 1. The third kappa shape index (κ3) is 11.3. The van der Waals surface area contributed by atoms with E-state index in [2.05, 4.69) is 0 Å². The van der Waals surface area contributed by atoms with Gasteiger partial charge in [-0.3, -0.25) is 4.79 Å². The number of aldehydes is 1. The molecule has 0 fully saturated rings. The summed E-state index contributed by atoms with van der Waals surface area (Å²) >= 11 is 0. The second-order valence-corrected chi connectivity index (χ2v) is 1.83. The van der Waals surface area contributed by atoms with Gasteiger partial charge >= 0.3 is 0 Å². The van der Waals surface area contributed by atoms with E-state index in [9.17, 15) is 4.79 Å². The summed E-state index contributed by atoms with van der Waals surface area (Å²) in [6.45, 7) is 0.832. The molecule has 0 saturated carbocycles. The van der Waals surface area contributed by atoms with Crippen molar-refractivity contribution >= 4 is 18.7 Å². The molecule has 0 aliphatic rings. The summed E-state index contributed by atoms with van der Waals surface area (Å²) in [6, 6.07) is 0. The third-order valence-electron chi connectivity index (χ3n) is 0.685. The summed E-state index contributed by atoms with van der Waals surface area (Å²) in [7, 11) is 3.91. The van der Waals surface area contributed by atoms with E-state index >= 15 is 0 Å². The molecule has 0 N–H and O–H groups in total. The average molecular weight is 150 g/mol. The first-order valence-electron chi connectivity index (χ1n) is 2.52. The number of hydrogen-bond acceptors (Lipinski definition) is 2. The minimum absolute atomic E-state index is 0. The van der Waals surface area contributed by atoms with Crippen molar-refractivity contribution < 1.29 is 4.79 Å². The van der Waals surface area contributed by atoms with Gasteiger partial charge in [0.05, 0.1) is 0 Å². The first-order chi connectivity index (χ1) is 3.77. The molecule has 0 amide bonds. The highest BCUT2D eigenvalue weighted by Gasteiger charge is 1.78. The van der Waals surface area contributed by atoms with Crippen molar-refractivity contribution in [2.75, 3.05) is 20.6 Å². The maximum absolute atomic E-state index is 9.68. The zero-order valence-corrected chi connectivity index (χ0v) is 6.52. The minimum atomic E-state index is 0. The maximum atomic E-state index is 9.68. The Kier molecular flexibility index (Phi) is 9.75. The third-order valence-corrected chi connectivity index (χ3v) is 0.685. The quantitative estimate of drug-likeness (QED) is 0.436. The number of allylic oxidation sites excluding steroid dienone is 1. The van der Waals surface area contributed by atoms with Crippen molar-refractivity contribution in [2.45, 2.75) is 0 Å². The normalized spacial score (nSPS) is 9.67. The number of carbonyl (C=O) groups is 1. The topological polar surface area (TPSA) is 20.3 Å². The molecule has 0 spiro atoms. The number of nitrogens with zero attached hydrogens (tertiary/aromatic N) is 1. The van der Waals surface area contributed by atoms with Gasteiger partial charge in [0.2, 0.25) is 0 Å². The van der Waals surface area contributed by atoms with Crippen molar-refractivity contribution in [3.8, 4) is 0 Å². The van der Waals surface area contributed by atoms with Crippen molar-refractivity contribution in [1.29, 1.82) is 0 Å². The Morgan fingerprint density at radius 1 is 1.44 bits per heavy atom. The number of hydrogen-bond donors (Lipinski definition) is 0. The van der Waals surface area contributed by atoms with E-state index in [1.165, 1.54) is 6.08 Å². The van der Waals surface area contributed by atoms with Gasteiger partial charge in [-0.2, -0.15) is 0 Å². The van der Waals surface area contributed by atoms with Gasteiger partial charge < -0.3 is 4.90 Å². The average Bonchev–Trinajstić information content (AvgIpc) is 1.66. The Labute approximate surface area is 61.9 Å². The fourth-order valence-electron chi connectivity index (χ4n) is 0.327. The van der Waals surface area contributed by atoms with E-state index in [4.69, 9.17) is 0 Å². The van der Waals surface area contributed by atoms with E-state index in [1.54, 1.807) is 0 Å². The van der Waals surface area contributed by atoms with Crippen LogP contribution in [0.2, 0.25) is 0 Å². The lowest BCUT2D eigenvalue weighted by atomic mass is 10.5. The summed E-state index contributed by atoms with van der Waals surface area (Å²) in [5, 5.41) is 0. The highest BCUT2D eigenvalue weighted by molar-refractivity contribution is 5.85. The van der Waals surface area contributed by atoms with E-state index in [0.29, 0.717) is 0 Å². The van der Waals surface area contributed by atoms with Crippen LogP contribution < -0.4 is 0 Å². The highest BCUT2D eigenvalue weighted by Crippen LogP contribution is 1.73. The van der Waals surface area contributed by atoms with E-state index in [-0.39, 0.29) is 12.4 Å². The van der Waals surface area contributed by atoms with Crippen LogP contribution in [0.3, 0.4) is 0 Å². The summed E-state index contributed by atoms with van der Waals surface area (Å²) in [6.07, 6.45) is 4.09. The molecular weight excluding hydrogens is 138 g/mol. The molecule has 0 radical (unpaired) electrons. The van der Waals surface area contributed by atoms with Crippen LogP contribution in [0.25, 0.3) is 0 Å². The van der Waals surface area contributed by atoms with Gasteiger partial charge in [-0.15, -0.1) is 12.4 Å². The maximum Gasteiger partial charge on any atom is 0.142 e. The molecule has 0 atom stereocenters. The SMILES string of the molecule is CN(C)C/C=C/C=O.Cl. The van der Waals surface area contributed by atoms with Gasteiger partial charge in [-0.1, -0.05) is 6.08 Å². The fourth-order valence-corrected chi connectivity index (χ4v) is 0.327. The molecule has 54 valence electrons. The molecule has 0 aliphatic heterocycles. The van der Waals surface area contributed by atoms with Crippen LogP contribution in [0.5, 0.6) is 0 Å². The van der Waals surface area contributed by atoms with Crippen LogP contribution in [-0.4, -0.2) is 31.8 Å². The molecule has 0 aromatic heterocycles. The monoisotopic (exact) mass is 149 g/mol. The zero-order chi connectivity index (χ0) is 6.41. The lowest BCUT2D eigenvalue weighted by Gasteiger charge is -2.01. The predicted molar refractivity (Wildman–Crippen MR) is 41.0 cm³/mol. The Balaban J connectivity index is 0. The van der Waals surface area contributed by atoms with Crippen LogP contribution in [0, 0.1) is 0 Å². The van der Waals surface area contributed by atoms with E-state index in [1.807, 2.05) is 25.1 Å². The van der Waals surface area contributed by atoms with Crippen molar-refractivity contribution in [2.24, 2.45) is 0 Å². The van der Waals surface area contributed by atoms with E-state index in [0.717, 1.165) is 12.8 Å². The molecule has 0 rings (SSSR count). The Morgan fingerprint density at radius 2 is 2.00 bits per heavy atom. The molecule has 0 aliphatic carbocycles. The van der Waals surface area contributed by atoms with E-state index < -0.39 is 0 Å². The number of rotatable bonds is 3. The van der Waals surface area contributed by atoms with Crippen LogP contribution in [0.15, 0.2) is 12.2 Å². The lowest BCUT2D eigenvalue weighted by molar-refractivity contribution is -0.104. The molecule has 0 unspecified atom stereocenters. The molecule has 3 heteroatoms. The molecule has 0 saturated heterocycles. The standard InChI is InChI=1S/C6H11NO.ClH/c1-7(2)5-3-4-6-8;/h3-4,6H,5H2,1-2H3;1H/b4-3+;. The Hall–Kier alpha value is -0.340. The van der Waals surface area contributed by atoms with Crippen LogP contribution in [-0.2, 0) is 4.79 Å². The van der Waals surface area contributed by atoms with Gasteiger partial charge in [0.1, 0.15) is 6.29 Å². The largest absolute Gasteiger partial charge is 0.306 e. The molecule has 0 aromatic carbocycles. The van der Waals surface area contributed by atoms with Gasteiger partial charge in [0.25, 0.3) is 0 Å². The Bertz CT molecular complexity index is 91.1. The first-order valence-corrected chi connectivity index (χ1v) is 2.52. The Morgan fingerprint density at radius 3 is 2.33 bits per heavy atom. The number of carbonyl (C=O) groups excluding carboxylic acids is 1. The van der Waals surface area contributed by atoms with Crippen LogP contribution >= 0.6 is 12.4 Å². The summed E-state index contributed by atoms with van der Waals surface area (Å²) in [5.74, 6) is 0. The van der Waals surface area contributed by atoms with Gasteiger partial charge in [-0.25, -0.2) is 0 Å². The van der Waals surface area contributed by atoms with Gasteiger partial charge in [0, 0.05) is 6.54 Å². The molecule has 9 heavy (non-hydrogen) atoms. The molecule has 0 heterocycles. The van der Waals surface area contributed by atoms with Crippen molar-refractivity contribution in [3.05, 3.63) is 12.2 Å².